The smallest absolute Gasteiger partial charge is 0.320 e. The Morgan fingerprint density at radius 2 is 2.18 bits per heavy atom. The van der Waals surface area contributed by atoms with Gasteiger partial charge >= 0.3 is 5.97 Å². The zero-order chi connectivity index (χ0) is 12.1. The Morgan fingerprint density at radius 1 is 1.41 bits per heavy atom. The van der Waals surface area contributed by atoms with Gasteiger partial charge < -0.3 is 4.74 Å². The molecule has 1 aliphatic rings. The summed E-state index contributed by atoms with van der Waals surface area (Å²) in [6.07, 6.45) is 1.19. The number of hydrogen-bond acceptors (Lipinski definition) is 3. The van der Waals surface area contributed by atoms with E-state index in [0.29, 0.717) is 19.1 Å². The number of likely N-dealkylation sites (tertiary alicyclic amines) is 1. The fraction of sp³-hybridized carbons (Fsp3) is 0.500. The van der Waals surface area contributed by atoms with Crippen LogP contribution in [0.5, 0.6) is 0 Å². The Kier molecular flexibility index (Phi) is 4.15. The first-order valence-electron chi connectivity index (χ1n) is 6.16. The minimum Gasteiger partial charge on any atom is -0.460 e. The lowest BCUT2D eigenvalue weighted by Gasteiger charge is -2.14. The molecule has 0 radical (unpaired) electrons. The van der Waals surface area contributed by atoms with Crippen LogP contribution in [0.15, 0.2) is 30.3 Å². The maximum absolute atomic E-state index is 11.6. The highest BCUT2D eigenvalue weighted by molar-refractivity contribution is 5.71. The number of carbonyl (C=O) groups is 1. The highest BCUT2D eigenvalue weighted by Crippen LogP contribution is 2.14. The molecule has 17 heavy (non-hydrogen) atoms. The van der Waals surface area contributed by atoms with Crippen molar-refractivity contribution < 1.29 is 9.53 Å². The van der Waals surface area contributed by atoms with Crippen LogP contribution in [0.1, 0.15) is 18.9 Å². The largest absolute Gasteiger partial charge is 0.460 e. The van der Waals surface area contributed by atoms with E-state index in [9.17, 15) is 4.79 Å². The molecular weight excluding hydrogens is 214 g/mol. The molecule has 0 saturated carbocycles. The Bertz CT molecular complexity index is 364. The van der Waals surface area contributed by atoms with Gasteiger partial charge in [-0.05, 0) is 24.4 Å². The molecule has 1 saturated heterocycles. The van der Waals surface area contributed by atoms with Crippen LogP contribution in [0, 0.1) is 5.92 Å². The van der Waals surface area contributed by atoms with Gasteiger partial charge in [0.05, 0.1) is 6.54 Å². The van der Waals surface area contributed by atoms with E-state index in [1.165, 1.54) is 6.42 Å². The molecule has 1 heterocycles. The van der Waals surface area contributed by atoms with Crippen LogP contribution in [0.2, 0.25) is 0 Å². The fourth-order valence-corrected chi connectivity index (χ4v) is 2.14. The van der Waals surface area contributed by atoms with Crippen molar-refractivity contribution in [1.29, 1.82) is 0 Å². The molecule has 0 bridgehead atoms. The van der Waals surface area contributed by atoms with Crippen molar-refractivity contribution in [3.63, 3.8) is 0 Å². The third kappa shape index (κ3) is 3.86. The quantitative estimate of drug-likeness (QED) is 0.746. The van der Waals surface area contributed by atoms with E-state index in [2.05, 4.69) is 11.8 Å². The number of esters is 1. The molecule has 0 spiro atoms. The van der Waals surface area contributed by atoms with Crippen molar-refractivity contribution >= 4 is 5.97 Å². The van der Waals surface area contributed by atoms with Gasteiger partial charge in [-0.1, -0.05) is 37.3 Å². The fourth-order valence-electron chi connectivity index (χ4n) is 2.14. The maximum atomic E-state index is 11.6. The molecule has 1 aromatic carbocycles. The average Bonchev–Trinajstić information content (AvgIpc) is 2.73. The lowest BCUT2D eigenvalue weighted by molar-refractivity contribution is -0.146. The molecular formula is C14H19NO2. The number of nitrogens with zero attached hydrogens (tertiary/aromatic N) is 1. The summed E-state index contributed by atoms with van der Waals surface area (Å²) in [5.41, 5.74) is 1.04. The molecule has 0 amide bonds. The Labute approximate surface area is 102 Å². The van der Waals surface area contributed by atoms with E-state index in [1.807, 2.05) is 30.3 Å². The van der Waals surface area contributed by atoms with E-state index in [1.54, 1.807) is 0 Å². The van der Waals surface area contributed by atoms with Crippen LogP contribution in [0.25, 0.3) is 0 Å². The van der Waals surface area contributed by atoms with Crippen molar-refractivity contribution in [2.45, 2.75) is 20.0 Å². The van der Waals surface area contributed by atoms with Gasteiger partial charge in [-0.2, -0.15) is 0 Å². The van der Waals surface area contributed by atoms with Crippen molar-refractivity contribution in [3.05, 3.63) is 35.9 Å². The van der Waals surface area contributed by atoms with Crippen LogP contribution < -0.4 is 0 Å². The summed E-state index contributed by atoms with van der Waals surface area (Å²) in [5.74, 6) is 0.583. The Balaban J connectivity index is 1.71. The first-order chi connectivity index (χ1) is 8.24. The second-order valence-corrected chi connectivity index (χ2v) is 4.78. The Hall–Kier alpha value is -1.35. The molecule has 0 aromatic heterocycles. The average molecular weight is 233 g/mol. The maximum Gasteiger partial charge on any atom is 0.320 e. The molecule has 1 unspecified atom stereocenters. The van der Waals surface area contributed by atoms with Gasteiger partial charge in [0, 0.05) is 6.54 Å². The predicted molar refractivity (Wildman–Crippen MR) is 66.5 cm³/mol. The molecule has 0 N–H and O–H groups in total. The molecule has 1 aliphatic heterocycles. The normalized spacial score (nSPS) is 20.4. The number of carbonyl (C=O) groups excluding carboxylic acids is 1. The molecule has 92 valence electrons. The molecule has 1 aromatic rings. The SMILES string of the molecule is CC1CCN(CC(=O)OCc2ccccc2)C1. The van der Waals surface area contributed by atoms with E-state index in [4.69, 9.17) is 4.74 Å². The van der Waals surface area contributed by atoms with Crippen molar-refractivity contribution in [2.24, 2.45) is 5.92 Å². The highest BCUT2D eigenvalue weighted by atomic mass is 16.5. The summed E-state index contributed by atoms with van der Waals surface area (Å²) in [6.45, 7) is 5.05. The van der Waals surface area contributed by atoms with E-state index < -0.39 is 0 Å². The number of ether oxygens (including phenoxy) is 1. The molecule has 2 rings (SSSR count). The molecule has 0 aliphatic carbocycles. The lowest BCUT2D eigenvalue weighted by Crippen LogP contribution is -2.28. The van der Waals surface area contributed by atoms with Gasteiger partial charge in [-0.25, -0.2) is 0 Å². The van der Waals surface area contributed by atoms with Crippen LogP contribution in [0.3, 0.4) is 0 Å². The van der Waals surface area contributed by atoms with Gasteiger partial charge in [-0.15, -0.1) is 0 Å². The minimum atomic E-state index is -0.122. The van der Waals surface area contributed by atoms with Gasteiger partial charge in [0.1, 0.15) is 6.61 Å². The summed E-state index contributed by atoms with van der Waals surface area (Å²) in [6, 6.07) is 9.78. The van der Waals surface area contributed by atoms with Gasteiger partial charge in [0.25, 0.3) is 0 Å². The molecule has 1 atom stereocenters. The number of benzene rings is 1. The summed E-state index contributed by atoms with van der Waals surface area (Å²) >= 11 is 0. The van der Waals surface area contributed by atoms with Crippen molar-refractivity contribution in [2.75, 3.05) is 19.6 Å². The lowest BCUT2D eigenvalue weighted by atomic mass is 10.2. The van der Waals surface area contributed by atoms with Crippen LogP contribution in [-0.4, -0.2) is 30.5 Å². The van der Waals surface area contributed by atoms with Crippen molar-refractivity contribution in [1.82, 2.24) is 4.90 Å². The summed E-state index contributed by atoms with van der Waals surface area (Å²) in [5, 5.41) is 0. The van der Waals surface area contributed by atoms with Gasteiger partial charge in [0.15, 0.2) is 0 Å². The minimum absolute atomic E-state index is 0.122. The summed E-state index contributed by atoms with van der Waals surface area (Å²) < 4.78 is 5.24. The van der Waals surface area contributed by atoms with E-state index in [-0.39, 0.29) is 5.97 Å². The van der Waals surface area contributed by atoms with Gasteiger partial charge in [-0.3, -0.25) is 9.69 Å². The number of hydrogen-bond donors (Lipinski definition) is 0. The van der Waals surface area contributed by atoms with Gasteiger partial charge in [0.2, 0.25) is 0 Å². The van der Waals surface area contributed by atoms with Crippen LogP contribution >= 0.6 is 0 Å². The molecule has 3 nitrogen and oxygen atoms in total. The summed E-state index contributed by atoms with van der Waals surface area (Å²) in [7, 11) is 0. The predicted octanol–water partition coefficient (Wildman–Crippen LogP) is 2.07. The van der Waals surface area contributed by atoms with Crippen LogP contribution in [-0.2, 0) is 16.1 Å². The second-order valence-electron chi connectivity index (χ2n) is 4.78. The molecule has 1 fully saturated rings. The summed E-state index contributed by atoms with van der Waals surface area (Å²) in [4.78, 5) is 13.8. The second kappa shape index (κ2) is 5.82. The van der Waals surface area contributed by atoms with Crippen molar-refractivity contribution in [3.8, 4) is 0 Å². The first kappa shape index (κ1) is 12.1. The molecule has 3 heteroatoms. The zero-order valence-electron chi connectivity index (χ0n) is 10.3. The first-order valence-corrected chi connectivity index (χ1v) is 6.16. The van der Waals surface area contributed by atoms with E-state index in [0.717, 1.165) is 18.7 Å². The van der Waals surface area contributed by atoms with Crippen LogP contribution in [0.4, 0.5) is 0 Å². The highest BCUT2D eigenvalue weighted by Gasteiger charge is 2.21. The van der Waals surface area contributed by atoms with E-state index >= 15 is 0 Å². The zero-order valence-corrected chi connectivity index (χ0v) is 10.3. The Morgan fingerprint density at radius 3 is 2.82 bits per heavy atom. The standard InChI is InChI=1S/C14H19NO2/c1-12-7-8-15(9-12)10-14(16)17-11-13-5-3-2-4-6-13/h2-6,12H,7-11H2,1H3. The third-order valence-electron chi connectivity index (χ3n) is 3.10. The monoisotopic (exact) mass is 233 g/mol. The topological polar surface area (TPSA) is 29.5 Å². The third-order valence-corrected chi connectivity index (χ3v) is 3.10. The number of rotatable bonds is 4.